The molecule has 0 spiro atoms. The minimum atomic E-state index is -0.413. The van der Waals surface area contributed by atoms with Crippen molar-refractivity contribution in [3.05, 3.63) is 0 Å². The molecule has 2 bridgehead atoms. The summed E-state index contributed by atoms with van der Waals surface area (Å²) in [5.74, 6) is 1.31. The molecule has 0 aromatic rings. The predicted octanol–water partition coefficient (Wildman–Crippen LogP) is 2.79. The molecule has 0 radical (unpaired) electrons. The van der Waals surface area contributed by atoms with Crippen LogP contribution < -0.4 is 5.32 Å². The third kappa shape index (κ3) is 3.66. The molecule has 5 atom stereocenters. The smallest absolute Gasteiger partial charge is 0.410 e. The molecule has 0 aromatic heterocycles. The van der Waals surface area contributed by atoms with Gasteiger partial charge < -0.3 is 19.7 Å². The number of amides is 1. The van der Waals surface area contributed by atoms with Gasteiger partial charge in [0.1, 0.15) is 5.60 Å². The summed E-state index contributed by atoms with van der Waals surface area (Å²) in [4.78, 5) is 14.6. The Hall–Kier alpha value is -0.810. The van der Waals surface area contributed by atoms with E-state index in [9.17, 15) is 4.79 Å². The van der Waals surface area contributed by atoms with Gasteiger partial charge in [0.05, 0.1) is 6.10 Å². The Morgan fingerprint density at radius 2 is 1.78 bits per heavy atom. The lowest BCUT2D eigenvalue weighted by atomic mass is 9.75. The van der Waals surface area contributed by atoms with E-state index in [0.29, 0.717) is 30.0 Å². The Balaban J connectivity index is 1.66. The average Bonchev–Trinajstić information content (AvgIpc) is 2.76. The van der Waals surface area contributed by atoms with Crippen molar-refractivity contribution in [2.24, 2.45) is 11.8 Å². The highest BCUT2D eigenvalue weighted by atomic mass is 16.6. The normalized spacial score (nSPS) is 37.7. The maximum atomic E-state index is 12.5. The number of carbonyl (C=O) groups is 1. The second-order valence-electron chi connectivity index (χ2n) is 8.43. The first-order valence-corrected chi connectivity index (χ1v) is 9.14. The fraction of sp³-hybridized carbons (Fsp3) is 0.944. The average molecular weight is 324 g/mol. The number of rotatable bonds is 2. The minimum absolute atomic E-state index is 0.114. The monoisotopic (exact) mass is 324 g/mol. The molecule has 0 aromatic carbocycles. The van der Waals surface area contributed by atoms with E-state index in [2.05, 4.69) is 5.32 Å². The quantitative estimate of drug-likeness (QED) is 0.848. The lowest BCUT2D eigenvalue weighted by Crippen LogP contribution is -2.52. The number of carbonyl (C=O) groups excluding carboxylic acids is 1. The van der Waals surface area contributed by atoms with Crippen LogP contribution in [0.1, 0.15) is 52.9 Å². The number of methoxy groups -OCH3 is 1. The molecule has 3 aliphatic rings. The molecule has 1 N–H and O–H groups in total. The first-order valence-electron chi connectivity index (χ1n) is 9.14. The standard InChI is InChI=1S/C18H32N2O3/c1-18(2,3)23-17(21)20-13-5-6-14(20)10-12(9-13)15-7-8-19-11-16(15)22-4/h12-16,19H,5-11H2,1-4H3/t12?,13-,14+,15-,16-/m1/s1. The van der Waals surface area contributed by atoms with Crippen molar-refractivity contribution in [2.45, 2.75) is 76.7 Å². The number of ether oxygens (including phenoxy) is 2. The molecular weight excluding hydrogens is 292 g/mol. The van der Waals surface area contributed by atoms with Crippen molar-refractivity contribution in [1.29, 1.82) is 0 Å². The zero-order valence-corrected chi connectivity index (χ0v) is 15.0. The summed E-state index contributed by atoms with van der Waals surface area (Å²) in [6, 6.07) is 0.724. The van der Waals surface area contributed by atoms with E-state index in [1.807, 2.05) is 32.8 Å². The third-order valence-electron chi connectivity index (χ3n) is 5.76. The maximum Gasteiger partial charge on any atom is 0.410 e. The molecule has 0 aliphatic carbocycles. The van der Waals surface area contributed by atoms with E-state index in [4.69, 9.17) is 9.47 Å². The number of hydrogen-bond acceptors (Lipinski definition) is 4. The first-order chi connectivity index (χ1) is 10.9. The van der Waals surface area contributed by atoms with Crippen molar-refractivity contribution in [3.8, 4) is 0 Å². The Morgan fingerprint density at radius 3 is 2.35 bits per heavy atom. The molecule has 1 amide bonds. The number of fused-ring (bicyclic) bond motifs is 2. The Bertz CT molecular complexity index is 420. The molecule has 1 unspecified atom stereocenters. The van der Waals surface area contributed by atoms with Crippen molar-refractivity contribution in [1.82, 2.24) is 10.2 Å². The summed E-state index contributed by atoms with van der Waals surface area (Å²) in [6.45, 7) is 7.88. The van der Waals surface area contributed by atoms with Gasteiger partial charge in [0.25, 0.3) is 0 Å². The van der Waals surface area contributed by atoms with E-state index in [1.54, 1.807) is 0 Å². The van der Waals surface area contributed by atoms with Crippen LogP contribution in [0.5, 0.6) is 0 Å². The maximum absolute atomic E-state index is 12.5. The van der Waals surface area contributed by atoms with Crippen molar-refractivity contribution in [3.63, 3.8) is 0 Å². The topological polar surface area (TPSA) is 50.8 Å². The summed E-state index contributed by atoms with van der Waals surface area (Å²) in [5, 5.41) is 3.44. The lowest BCUT2D eigenvalue weighted by Gasteiger charge is -2.44. The van der Waals surface area contributed by atoms with Crippen LogP contribution in [0, 0.1) is 11.8 Å². The van der Waals surface area contributed by atoms with Crippen LogP contribution in [0.4, 0.5) is 4.79 Å². The molecule has 3 saturated heterocycles. The fourth-order valence-corrected chi connectivity index (χ4v) is 4.83. The van der Waals surface area contributed by atoms with Crippen molar-refractivity contribution in [2.75, 3.05) is 20.2 Å². The molecule has 3 aliphatic heterocycles. The first kappa shape index (κ1) is 17.0. The van der Waals surface area contributed by atoms with Gasteiger partial charge in [0.15, 0.2) is 0 Å². The minimum Gasteiger partial charge on any atom is -0.444 e. The van der Waals surface area contributed by atoms with Crippen LogP contribution in [0.3, 0.4) is 0 Å². The summed E-state index contributed by atoms with van der Waals surface area (Å²) >= 11 is 0. The SMILES string of the molecule is CO[C@@H]1CNCC[C@@H]1C1C[C@H]2CC[C@@H](C1)N2C(=O)OC(C)(C)C. The number of hydrogen-bond donors (Lipinski definition) is 1. The van der Waals surface area contributed by atoms with Gasteiger partial charge in [-0.15, -0.1) is 0 Å². The molecule has 23 heavy (non-hydrogen) atoms. The van der Waals surface area contributed by atoms with Gasteiger partial charge in [-0.05, 0) is 71.3 Å². The largest absolute Gasteiger partial charge is 0.444 e. The highest BCUT2D eigenvalue weighted by Crippen LogP contribution is 2.44. The van der Waals surface area contributed by atoms with E-state index in [0.717, 1.165) is 38.8 Å². The molecule has 5 nitrogen and oxygen atoms in total. The second-order valence-corrected chi connectivity index (χ2v) is 8.43. The van der Waals surface area contributed by atoms with E-state index in [1.165, 1.54) is 6.42 Å². The van der Waals surface area contributed by atoms with Gasteiger partial charge >= 0.3 is 6.09 Å². The van der Waals surface area contributed by atoms with Gasteiger partial charge in [0, 0.05) is 25.7 Å². The fourth-order valence-electron chi connectivity index (χ4n) is 4.83. The molecule has 3 fully saturated rings. The highest BCUT2D eigenvalue weighted by Gasteiger charge is 2.47. The van der Waals surface area contributed by atoms with E-state index in [-0.39, 0.29) is 6.09 Å². The van der Waals surface area contributed by atoms with E-state index >= 15 is 0 Å². The van der Waals surface area contributed by atoms with Gasteiger partial charge in [-0.3, -0.25) is 0 Å². The van der Waals surface area contributed by atoms with Gasteiger partial charge in [-0.25, -0.2) is 4.79 Å². The van der Waals surface area contributed by atoms with Crippen LogP contribution in [-0.2, 0) is 9.47 Å². The third-order valence-corrected chi connectivity index (χ3v) is 5.76. The van der Waals surface area contributed by atoms with Crippen LogP contribution in [0.25, 0.3) is 0 Å². The predicted molar refractivity (Wildman–Crippen MR) is 89.4 cm³/mol. The summed E-state index contributed by atoms with van der Waals surface area (Å²) in [6.07, 6.45) is 5.88. The molecular formula is C18H32N2O3. The molecule has 5 heteroatoms. The van der Waals surface area contributed by atoms with Gasteiger partial charge in [0.2, 0.25) is 0 Å². The van der Waals surface area contributed by atoms with Crippen molar-refractivity contribution >= 4 is 6.09 Å². The zero-order chi connectivity index (χ0) is 16.6. The molecule has 3 rings (SSSR count). The highest BCUT2D eigenvalue weighted by molar-refractivity contribution is 5.69. The van der Waals surface area contributed by atoms with Gasteiger partial charge in [-0.2, -0.15) is 0 Å². The summed E-state index contributed by atoms with van der Waals surface area (Å²) in [5.41, 5.74) is -0.413. The Kier molecular flexibility index (Phi) is 4.88. The molecule has 0 saturated carbocycles. The number of piperidine rings is 2. The van der Waals surface area contributed by atoms with Crippen LogP contribution in [-0.4, -0.2) is 55.0 Å². The van der Waals surface area contributed by atoms with Gasteiger partial charge in [-0.1, -0.05) is 0 Å². The number of nitrogens with zero attached hydrogens (tertiary/aromatic N) is 1. The number of nitrogens with one attached hydrogen (secondary N) is 1. The molecule has 3 heterocycles. The van der Waals surface area contributed by atoms with E-state index < -0.39 is 5.60 Å². The van der Waals surface area contributed by atoms with Crippen LogP contribution >= 0.6 is 0 Å². The van der Waals surface area contributed by atoms with Crippen LogP contribution in [0.2, 0.25) is 0 Å². The lowest BCUT2D eigenvalue weighted by molar-refractivity contribution is -0.0300. The second kappa shape index (κ2) is 6.60. The Morgan fingerprint density at radius 1 is 1.13 bits per heavy atom. The van der Waals surface area contributed by atoms with Crippen LogP contribution in [0.15, 0.2) is 0 Å². The van der Waals surface area contributed by atoms with Crippen molar-refractivity contribution < 1.29 is 14.3 Å². The Labute approximate surface area is 140 Å². The summed E-state index contributed by atoms with van der Waals surface area (Å²) < 4.78 is 11.4. The molecule has 132 valence electrons. The summed E-state index contributed by atoms with van der Waals surface area (Å²) in [7, 11) is 1.83. The zero-order valence-electron chi connectivity index (χ0n) is 15.0.